The van der Waals surface area contributed by atoms with Gasteiger partial charge in [-0.1, -0.05) is 19.1 Å². The average Bonchev–Trinajstić information content (AvgIpc) is 2.42. The summed E-state index contributed by atoms with van der Waals surface area (Å²) in [5.74, 6) is 2.02. The number of hydrogen-bond acceptors (Lipinski definition) is 3. The van der Waals surface area contributed by atoms with Gasteiger partial charge in [0.2, 0.25) is 0 Å². The minimum Gasteiger partial charge on any atom is -0.366 e. The van der Waals surface area contributed by atoms with Crippen LogP contribution in [0.5, 0.6) is 0 Å². The quantitative estimate of drug-likeness (QED) is 0.788. The third-order valence-corrected chi connectivity index (χ3v) is 4.48. The Morgan fingerprint density at radius 3 is 2.63 bits per heavy atom. The van der Waals surface area contributed by atoms with Crippen molar-refractivity contribution in [1.29, 1.82) is 0 Å². The van der Waals surface area contributed by atoms with Gasteiger partial charge in [0.1, 0.15) is 5.82 Å². The van der Waals surface area contributed by atoms with E-state index in [0.717, 1.165) is 22.6 Å². The van der Waals surface area contributed by atoms with Crippen LogP contribution in [-0.4, -0.2) is 10.7 Å². The Bertz CT molecular complexity index is 540. The van der Waals surface area contributed by atoms with E-state index in [9.17, 15) is 0 Å². The molecule has 0 radical (unpaired) electrons. The zero-order chi connectivity index (χ0) is 13.7. The molecule has 19 heavy (non-hydrogen) atoms. The van der Waals surface area contributed by atoms with E-state index in [1.165, 1.54) is 16.0 Å². The van der Waals surface area contributed by atoms with Gasteiger partial charge in [-0.05, 0) is 57.9 Å². The fourth-order valence-electron chi connectivity index (χ4n) is 1.70. The zero-order valence-electron chi connectivity index (χ0n) is 11.1. The highest BCUT2D eigenvalue weighted by molar-refractivity contribution is 9.10. The van der Waals surface area contributed by atoms with Gasteiger partial charge in [0.05, 0.1) is 0 Å². The third kappa shape index (κ3) is 4.25. The molecule has 2 aromatic rings. The Morgan fingerprint density at radius 2 is 2.00 bits per heavy atom. The average molecular weight is 337 g/mol. The largest absolute Gasteiger partial charge is 0.366 e. The molecule has 0 fully saturated rings. The van der Waals surface area contributed by atoms with Crippen LogP contribution in [0.1, 0.15) is 18.1 Å². The summed E-state index contributed by atoms with van der Waals surface area (Å²) in [6.45, 7) is 5.03. The van der Waals surface area contributed by atoms with Crippen molar-refractivity contribution in [2.75, 3.05) is 11.1 Å². The highest BCUT2D eigenvalue weighted by Crippen LogP contribution is 2.19. The van der Waals surface area contributed by atoms with E-state index in [1.807, 2.05) is 24.0 Å². The standard InChI is InChI=1S/C15H17BrN2S/c1-3-19-13-6-4-12(5-7-13)9-17-15-8-11(2)14(16)10-18-15/h4-8,10H,3,9H2,1-2H3,(H,17,18). The van der Waals surface area contributed by atoms with Crippen LogP contribution in [0.4, 0.5) is 5.82 Å². The molecule has 2 rings (SSSR count). The van der Waals surface area contributed by atoms with Gasteiger partial charge in [0, 0.05) is 22.1 Å². The van der Waals surface area contributed by atoms with Crippen molar-refractivity contribution in [2.45, 2.75) is 25.3 Å². The number of nitrogens with one attached hydrogen (secondary N) is 1. The highest BCUT2D eigenvalue weighted by Gasteiger charge is 1.99. The molecule has 0 amide bonds. The molecule has 0 bridgehead atoms. The molecule has 0 spiro atoms. The summed E-state index contributed by atoms with van der Waals surface area (Å²) in [5.41, 5.74) is 2.45. The van der Waals surface area contributed by atoms with Crippen molar-refractivity contribution in [3.05, 3.63) is 52.1 Å². The van der Waals surface area contributed by atoms with Gasteiger partial charge in [-0.15, -0.1) is 11.8 Å². The minimum atomic E-state index is 0.797. The molecule has 1 N–H and O–H groups in total. The van der Waals surface area contributed by atoms with Crippen LogP contribution < -0.4 is 5.32 Å². The first kappa shape index (κ1) is 14.4. The lowest BCUT2D eigenvalue weighted by Gasteiger charge is -2.08. The van der Waals surface area contributed by atoms with Gasteiger partial charge in [-0.3, -0.25) is 0 Å². The van der Waals surface area contributed by atoms with Gasteiger partial charge in [-0.25, -0.2) is 4.98 Å². The van der Waals surface area contributed by atoms with Crippen LogP contribution in [0.2, 0.25) is 0 Å². The number of halogens is 1. The zero-order valence-corrected chi connectivity index (χ0v) is 13.5. The van der Waals surface area contributed by atoms with Gasteiger partial charge >= 0.3 is 0 Å². The molecule has 1 aromatic carbocycles. The predicted octanol–water partition coefficient (Wildman–Crippen LogP) is 4.88. The van der Waals surface area contributed by atoms with Gasteiger partial charge < -0.3 is 5.32 Å². The van der Waals surface area contributed by atoms with Crippen molar-refractivity contribution < 1.29 is 0 Å². The fourth-order valence-corrected chi connectivity index (χ4v) is 2.58. The number of aryl methyl sites for hydroxylation is 1. The van der Waals surface area contributed by atoms with Gasteiger partial charge in [0.15, 0.2) is 0 Å². The molecule has 2 nitrogen and oxygen atoms in total. The lowest BCUT2D eigenvalue weighted by Crippen LogP contribution is -2.01. The summed E-state index contributed by atoms with van der Waals surface area (Å²) in [6.07, 6.45) is 1.83. The van der Waals surface area contributed by atoms with E-state index in [0.29, 0.717) is 0 Å². The predicted molar refractivity (Wildman–Crippen MR) is 86.8 cm³/mol. The SMILES string of the molecule is CCSc1ccc(CNc2cc(C)c(Br)cn2)cc1. The second-order valence-corrected chi connectivity index (χ2v) is 6.44. The van der Waals surface area contributed by atoms with Crippen molar-refractivity contribution >= 4 is 33.5 Å². The van der Waals surface area contributed by atoms with Gasteiger partial charge in [-0.2, -0.15) is 0 Å². The van der Waals surface area contributed by atoms with Crippen molar-refractivity contribution in [1.82, 2.24) is 4.98 Å². The number of thioether (sulfide) groups is 1. The summed E-state index contributed by atoms with van der Waals surface area (Å²) < 4.78 is 1.04. The molecule has 0 saturated heterocycles. The monoisotopic (exact) mass is 336 g/mol. The second-order valence-electron chi connectivity index (χ2n) is 4.25. The number of aromatic nitrogens is 1. The Labute approximate surface area is 127 Å². The number of pyridine rings is 1. The number of nitrogens with zero attached hydrogens (tertiary/aromatic N) is 1. The van der Waals surface area contributed by atoms with Crippen molar-refractivity contribution in [3.63, 3.8) is 0 Å². The Kier molecular flexibility index (Phi) is 5.28. The lowest BCUT2D eigenvalue weighted by atomic mass is 10.2. The maximum atomic E-state index is 4.34. The van der Waals surface area contributed by atoms with Crippen LogP contribution in [0.25, 0.3) is 0 Å². The molecule has 0 aliphatic heterocycles. The maximum absolute atomic E-state index is 4.34. The number of benzene rings is 1. The molecule has 1 heterocycles. The normalized spacial score (nSPS) is 10.5. The summed E-state index contributed by atoms with van der Waals surface area (Å²) in [5, 5.41) is 3.34. The molecule has 0 aliphatic carbocycles. The van der Waals surface area contributed by atoms with E-state index >= 15 is 0 Å². The Morgan fingerprint density at radius 1 is 1.26 bits per heavy atom. The molecule has 0 atom stereocenters. The van der Waals surface area contributed by atoms with E-state index in [2.05, 4.69) is 64.3 Å². The first-order valence-corrected chi connectivity index (χ1v) is 8.04. The first-order chi connectivity index (χ1) is 9.19. The Balaban J connectivity index is 1.96. The molecular weight excluding hydrogens is 320 g/mol. The lowest BCUT2D eigenvalue weighted by molar-refractivity contribution is 1.10. The number of hydrogen-bond donors (Lipinski definition) is 1. The van der Waals surface area contributed by atoms with Crippen molar-refractivity contribution in [3.8, 4) is 0 Å². The van der Waals surface area contributed by atoms with Crippen LogP contribution in [0.15, 0.2) is 45.9 Å². The van der Waals surface area contributed by atoms with Crippen LogP contribution >= 0.6 is 27.7 Å². The summed E-state index contributed by atoms with van der Waals surface area (Å²) in [4.78, 5) is 5.66. The molecular formula is C15H17BrN2S. The van der Waals surface area contributed by atoms with Gasteiger partial charge in [0.25, 0.3) is 0 Å². The van der Waals surface area contributed by atoms with E-state index in [-0.39, 0.29) is 0 Å². The van der Waals surface area contributed by atoms with E-state index in [1.54, 1.807) is 0 Å². The Hall–Kier alpha value is -1.00. The third-order valence-electron chi connectivity index (χ3n) is 2.75. The number of rotatable bonds is 5. The summed E-state index contributed by atoms with van der Waals surface area (Å²) in [7, 11) is 0. The fraction of sp³-hybridized carbons (Fsp3) is 0.267. The molecule has 0 aliphatic rings. The molecule has 1 aromatic heterocycles. The van der Waals surface area contributed by atoms with Crippen LogP contribution in [0, 0.1) is 6.92 Å². The molecule has 0 saturated carbocycles. The van der Waals surface area contributed by atoms with Crippen LogP contribution in [-0.2, 0) is 6.54 Å². The number of anilines is 1. The minimum absolute atomic E-state index is 0.797. The second kappa shape index (κ2) is 6.96. The van der Waals surface area contributed by atoms with E-state index < -0.39 is 0 Å². The molecule has 100 valence electrons. The summed E-state index contributed by atoms with van der Waals surface area (Å²) >= 11 is 5.32. The van der Waals surface area contributed by atoms with Crippen LogP contribution in [0.3, 0.4) is 0 Å². The first-order valence-electron chi connectivity index (χ1n) is 6.27. The smallest absolute Gasteiger partial charge is 0.126 e. The maximum Gasteiger partial charge on any atom is 0.126 e. The summed E-state index contributed by atoms with van der Waals surface area (Å²) in [6, 6.07) is 10.7. The highest BCUT2D eigenvalue weighted by atomic mass is 79.9. The topological polar surface area (TPSA) is 24.9 Å². The molecule has 0 unspecified atom stereocenters. The van der Waals surface area contributed by atoms with Crippen molar-refractivity contribution in [2.24, 2.45) is 0 Å². The van der Waals surface area contributed by atoms with E-state index in [4.69, 9.17) is 0 Å². The molecule has 4 heteroatoms.